The molecule has 0 aliphatic heterocycles. The molecule has 0 bridgehead atoms. The van der Waals surface area contributed by atoms with Crippen molar-refractivity contribution in [1.29, 1.82) is 0 Å². The summed E-state index contributed by atoms with van der Waals surface area (Å²) < 4.78 is 0. The van der Waals surface area contributed by atoms with Gasteiger partial charge < -0.3 is 22.1 Å². The van der Waals surface area contributed by atoms with Gasteiger partial charge in [-0.3, -0.25) is 0 Å². The van der Waals surface area contributed by atoms with Crippen LogP contribution in [0.1, 0.15) is 26.3 Å². The predicted molar refractivity (Wildman–Crippen MR) is 51.4 cm³/mol. The summed E-state index contributed by atoms with van der Waals surface area (Å²) in [6, 6.07) is 8.18. The van der Waals surface area contributed by atoms with Crippen LogP contribution in [0.3, 0.4) is 0 Å². The van der Waals surface area contributed by atoms with Crippen LogP contribution in [0.15, 0.2) is 18.2 Å². The standard InChI is InChI=1S/C10H13O.BrH.Mg/c1-10(2,3)8-4-6-9(11)7-5-8;;/h4-6,11H,1-3H3;1H;/q-1;;+2/p-1. The van der Waals surface area contributed by atoms with E-state index in [1.54, 1.807) is 6.07 Å². The van der Waals surface area contributed by atoms with Crippen LogP contribution in [0.2, 0.25) is 0 Å². The third-order valence-electron chi connectivity index (χ3n) is 1.66. The van der Waals surface area contributed by atoms with E-state index >= 15 is 0 Å². The number of halogens is 1. The molecule has 0 unspecified atom stereocenters. The first-order chi connectivity index (χ1) is 5.00. The average molecular weight is 253 g/mol. The van der Waals surface area contributed by atoms with Crippen molar-refractivity contribution in [1.82, 2.24) is 0 Å². The van der Waals surface area contributed by atoms with E-state index in [9.17, 15) is 0 Å². The van der Waals surface area contributed by atoms with Gasteiger partial charge in [0.2, 0.25) is 0 Å². The van der Waals surface area contributed by atoms with Crippen molar-refractivity contribution in [2.75, 3.05) is 0 Å². The zero-order valence-corrected chi connectivity index (χ0v) is 11.3. The van der Waals surface area contributed by atoms with E-state index in [2.05, 4.69) is 26.8 Å². The molecule has 0 saturated carbocycles. The largest absolute Gasteiger partial charge is 2.00 e. The molecule has 0 heterocycles. The quantitative estimate of drug-likeness (QED) is 0.470. The number of phenolic OH excluding ortho intramolecular Hbond substituents is 1. The average Bonchev–Trinajstić information content (AvgIpc) is 1.86. The fourth-order valence-electron chi connectivity index (χ4n) is 0.883. The minimum absolute atomic E-state index is 0. The monoisotopic (exact) mass is 252 g/mol. The van der Waals surface area contributed by atoms with Gasteiger partial charge in [0.05, 0.1) is 0 Å². The van der Waals surface area contributed by atoms with Gasteiger partial charge in [-0.25, -0.2) is 0 Å². The van der Waals surface area contributed by atoms with E-state index in [1.807, 2.05) is 12.1 Å². The summed E-state index contributed by atoms with van der Waals surface area (Å²) in [5.41, 5.74) is 1.33. The molecule has 0 atom stereocenters. The third kappa shape index (κ3) is 4.89. The molecule has 1 aromatic rings. The first-order valence-electron chi connectivity index (χ1n) is 3.71. The van der Waals surface area contributed by atoms with Crippen LogP contribution >= 0.6 is 0 Å². The Hall–Kier alpha value is 0.266. The first kappa shape index (κ1) is 15.7. The SMILES string of the molecule is CC(C)(C)c1c[c-]c(O)cc1.[Br-].[Mg+2]. The number of hydrogen-bond acceptors (Lipinski definition) is 1. The van der Waals surface area contributed by atoms with Gasteiger partial charge in [-0.15, -0.1) is 12.1 Å². The van der Waals surface area contributed by atoms with E-state index in [4.69, 9.17) is 5.11 Å². The maximum atomic E-state index is 8.97. The first-order valence-corrected chi connectivity index (χ1v) is 3.71. The normalized spacial score (nSPS) is 9.77. The molecule has 0 saturated heterocycles. The molecule has 0 radical (unpaired) electrons. The molecule has 0 aliphatic carbocycles. The van der Waals surface area contributed by atoms with Crippen LogP contribution < -0.4 is 17.0 Å². The Kier molecular flexibility index (Phi) is 7.12. The Morgan fingerprint density at radius 1 is 1.23 bits per heavy atom. The van der Waals surface area contributed by atoms with Crippen LogP contribution in [0, 0.1) is 6.07 Å². The number of rotatable bonds is 0. The zero-order chi connectivity index (χ0) is 8.48. The van der Waals surface area contributed by atoms with Crippen LogP contribution in [0.25, 0.3) is 0 Å². The zero-order valence-electron chi connectivity index (χ0n) is 8.26. The van der Waals surface area contributed by atoms with E-state index in [0.717, 1.165) is 0 Å². The maximum absolute atomic E-state index is 8.97. The van der Waals surface area contributed by atoms with Gasteiger partial charge >= 0.3 is 23.1 Å². The summed E-state index contributed by atoms with van der Waals surface area (Å²) in [6.07, 6.45) is 0. The van der Waals surface area contributed by atoms with Gasteiger partial charge in [-0.1, -0.05) is 26.2 Å². The van der Waals surface area contributed by atoms with Gasteiger partial charge in [0, 0.05) is 5.75 Å². The number of benzene rings is 1. The topological polar surface area (TPSA) is 20.2 Å². The second kappa shape index (κ2) is 5.88. The molecule has 0 amide bonds. The van der Waals surface area contributed by atoms with Crippen LogP contribution in [0.4, 0.5) is 0 Å². The summed E-state index contributed by atoms with van der Waals surface area (Å²) in [4.78, 5) is 0. The molecule has 0 aromatic heterocycles. The van der Waals surface area contributed by atoms with E-state index in [0.29, 0.717) is 0 Å². The van der Waals surface area contributed by atoms with Gasteiger partial charge in [0.1, 0.15) is 0 Å². The molecule has 1 nitrogen and oxygen atoms in total. The summed E-state index contributed by atoms with van der Waals surface area (Å²) in [6.45, 7) is 6.40. The minimum atomic E-state index is 0. The molecule has 0 spiro atoms. The summed E-state index contributed by atoms with van der Waals surface area (Å²) >= 11 is 0. The maximum Gasteiger partial charge on any atom is 2.00 e. The fraction of sp³-hybridized carbons (Fsp3) is 0.400. The Bertz CT molecular complexity index is 238. The van der Waals surface area contributed by atoms with Gasteiger partial charge in [-0.2, -0.15) is 17.7 Å². The Morgan fingerprint density at radius 3 is 2.08 bits per heavy atom. The van der Waals surface area contributed by atoms with Crippen molar-refractivity contribution in [2.24, 2.45) is 0 Å². The van der Waals surface area contributed by atoms with Gasteiger partial charge in [-0.05, 0) is 0 Å². The van der Waals surface area contributed by atoms with Crippen LogP contribution in [-0.4, -0.2) is 28.2 Å². The molecule has 3 heteroatoms. The van der Waals surface area contributed by atoms with E-state index in [1.165, 1.54) is 5.56 Å². The van der Waals surface area contributed by atoms with Gasteiger partial charge in [0.25, 0.3) is 0 Å². The van der Waals surface area contributed by atoms with Crippen molar-refractivity contribution in [2.45, 2.75) is 26.2 Å². The number of hydrogen-bond donors (Lipinski definition) is 1. The third-order valence-corrected chi connectivity index (χ3v) is 1.66. The number of phenols is 1. The molecular formula is C10H13BrMgO. The Balaban J connectivity index is 0. The fourth-order valence-corrected chi connectivity index (χ4v) is 0.883. The van der Waals surface area contributed by atoms with E-state index in [-0.39, 0.29) is 51.2 Å². The summed E-state index contributed by atoms with van der Waals surface area (Å²) in [5, 5.41) is 8.97. The van der Waals surface area contributed by atoms with Crippen LogP contribution in [0.5, 0.6) is 5.75 Å². The van der Waals surface area contributed by atoms with Crippen molar-refractivity contribution in [3.8, 4) is 5.75 Å². The van der Waals surface area contributed by atoms with Crippen molar-refractivity contribution in [3.63, 3.8) is 0 Å². The number of aromatic hydroxyl groups is 1. The summed E-state index contributed by atoms with van der Waals surface area (Å²) in [5.74, 6) is 0.206. The van der Waals surface area contributed by atoms with Crippen molar-refractivity contribution in [3.05, 3.63) is 29.8 Å². The Labute approximate surface area is 106 Å². The summed E-state index contributed by atoms with van der Waals surface area (Å²) in [7, 11) is 0. The van der Waals surface area contributed by atoms with Crippen molar-refractivity contribution >= 4 is 23.1 Å². The van der Waals surface area contributed by atoms with Gasteiger partial charge in [0.15, 0.2) is 0 Å². The molecular weight excluding hydrogens is 240 g/mol. The predicted octanol–water partition coefficient (Wildman–Crippen LogP) is -0.887. The molecule has 13 heavy (non-hydrogen) atoms. The Morgan fingerprint density at radius 2 is 1.77 bits per heavy atom. The minimum Gasteiger partial charge on any atom is -1.00 e. The smallest absolute Gasteiger partial charge is 1.00 e. The van der Waals surface area contributed by atoms with Crippen molar-refractivity contribution < 1.29 is 22.1 Å². The molecule has 1 rings (SSSR count). The molecule has 68 valence electrons. The second-order valence-electron chi connectivity index (χ2n) is 3.71. The molecule has 0 aliphatic rings. The second-order valence-corrected chi connectivity index (χ2v) is 3.71. The molecule has 1 N–H and O–H groups in total. The molecule has 1 aromatic carbocycles. The van der Waals surface area contributed by atoms with E-state index < -0.39 is 0 Å². The molecule has 0 fully saturated rings. The van der Waals surface area contributed by atoms with Crippen LogP contribution in [-0.2, 0) is 5.41 Å².